The first-order valence-electron chi connectivity index (χ1n) is 14.8. The van der Waals surface area contributed by atoms with Crippen molar-refractivity contribution in [3.05, 3.63) is 143 Å². The minimum Gasteiger partial charge on any atom is -0.302 e. The van der Waals surface area contributed by atoms with E-state index < -0.39 is 0 Å². The summed E-state index contributed by atoms with van der Waals surface area (Å²) < 4.78 is 5.72. The van der Waals surface area contributed by atoms with Crippen molar-refractivity contribution < 1.29 is 0 Å². The van der Waals surface area contributed by atoms with Crippen LogP contribution in [0.15, 0.2) is 110 Å². The summed E-state index contributed by atoms with van der Waals surface area (Å²) in [7, 11) is 0. The molecule has 0 radical (unpaired) electrons. The number of nitrogens with zero attached hydrogens (tertiary/aromatic N) is 10. The number of rotatable bonds is 15. The van der Waals surface area contributed by atoms with Gasteiger partial charge in [0, 0.05) is 57.5 Å². The van der Waals surface area contributed by atoms with Crippen LogP contribution in [0, 0.1) is 0 Å². The Morgan fingerprint density at radius 3 is 1.02 bits per heavy atom. The molecule has 3 heterocycles. The van der Waals surface area contributed by atoms with Crippen LogP contribution in [0.2, 0.25) is 0 Å². The van der Waals surface area contributed by atoms with E-state index in [9.17, 15) is 0 Å². The van der Waals surface area contributed by atoms with Gasteiger partial charge in [-0.3, -0.25) is 0 Å². The zero-order valence-electron chi connectivity index (χ0n) is 24.2. The van der Waals surface area contributed by atoms with Gasteiger partial charge in [-0.25, -0.2) is 14.0 Å². The predicted octanol–water partition coefficient (Wildman–Crippen LogP) is 3.94. The largest absolute Gasteiger partial charge is 0.302 e. The molecule has 0 aliphatic heterocycles. The Morgan fingerprint density at radius 2 is 0.721 bits per heavy atom. The van der Waals surface area contributed by atoms with E-state index in [2.05, 4.69) is 90.8 Å². The van der Waals surface area contributed by atoms with E-state index in [4.69, 9.17) is 0 Å². The maximum atomic E-state index is 4.44. The Labute approximate surface area is 251 Å². The highest BCUT2D eigenvalue weighted by molar-refractivity contribution is 5.16. The molecule has 0 unspecified atom stereocenters. The maximum absolute atomic E-state index is 4.44. The van der Waals surface area contributed by atoms with Gasteiger partial charge in [0.25, 0.3) is 0 Å². The van der Waals surface area contributed by atoms with Crippen LogP contribution < -0.4 is 0 Å². The maximum Gasteiger partial charge on any atom is 0.0840 e. The molecule has 10 nitrogen and oxygen atoms in total. The van der Waals surface area contributed by atoms with E-state index >= 15 is 0 Å². The Hall–Kier alpha value is -4.96. The molecule has 6 aromatic rings. The zero-order chi connectivity index (χ0) is 29.1. The van der Waals surface area contributed by atoms with E-state index in [1.165, 1.54) is 16.7 Å². The van der Waals surface area contributed by atoms with Gasteiger partial charge in [0.15, 0.2) is 0 Å². The predicted molar refractivity (Wildman–Crippen MR) is 164 cm³/mol. The molecule has 43 heavy (non-hydrogen) atoms. The van der Waals surface area contributed by atoms with Crippen LogP contribution in [-0.4, -0.2) is 69.5 Å². The van der Waals surface area contributed by atoms with Crippen molar-refractivity contribution in [1.82, 2.24) is 49.9 Å². The molecular weight excluding hydrogens is 536 g/mol. The summed E-state index contributed by atoms with van der Waals surface area (Å²) in [6.45, 7) is 4.74. The molecule has 0 saturated heterocycles. The molecular formula is C33H36N10. The van der Waals surface area contributed by atoms with Crippen LogP contribution in [0.4, 0.5) is 0 Å². The highest BCUT2D eigenvalue weighted by Crippen LogP contribution is 2.08. The van der Waals surface area contributed by atoms with Crippen molar-refractivity contribution in [1.29, 1.82) is 0 Å². The second-order valence-electron chi connectivity index (χ2n) is 10.8. The standard InChI is InChI=1S/C33H36N10/c1-4-10-28(11-5-1)22-41-25-31(34-37-41)16-19-40(20-17-32-26-42(38-35-32)23-29-12-6-2-7-13-29)21-18-33-27-43(39-36-33)24-30-14-8-3-9-15-30/h1-15,25-27H,16-24H2. The van der Waals surface area contributed by atoms with E-state index in [0.717, 1.165) is 75.6 Å². The molecule has 0 fully saturated rings. The van der Waals surface area contributed by atoms with Gasteiger partial charge in [0.1, 0.15) is 0 Å². The smallest absolute Gasteiger partial charge is 0.0840 e. The van der Waals surface area contributed by atoms with Crippen LogP contribution in [0.1, 0.15) is 33.8 Å². The summed E-state index contributed by atoms with van der Waals surface area (Å²) in [4.78, 5) is 2.45. The molecule has 0 amide bonds. The van der Waals surface area contributed by atoms with Crippen LogP contribution in [0.25, 0.3) is 0 Å². The van der Waals surface area contributed by atoms with Gasteiger partial charge >= 0.3 is 0 Å². The van der Waals surface area contributed by atoms with E-state index in [1.54, 1.807) is 0 Å². The van der Waals surface area contributed by atoms with Gasteiger partial charge in [-0.15, -0.1) is 15.3 Å². The molecule has 10 heteroatoms. The quantitative estimate of drug-likeness (QED) is 0.184. The summed E-state index contributed by atoms with van der Waals surface area (Å²) in [6.07, 6.45) is 8.60. The van der Waals surface area contributed by atoms with Gasteiger partial charge in [0.05, 0.1) is 36.7 Å². The fourth-order valence-electron chi connectivity index (χ4n) is 5.06. The third-order valence-electron chi connectivity index (χ3n) is 7.37. The minimum atomic E-state index is 0.717. The Bertz CT molecular complexity index is 1460. The molecule has 0 spiro atoms. The van der Waals surface area contributed by atoms with Gasteiger partial charge in [-0.05, 0) is 16.7 Å². The Kier molecular flexibility index (Phi) is 9.36. The first kappa shape index (κ1) is 28.2. The normalized spacial score (nSPS) is 11.4. The number of hydrogen-bond donors (Lipinski definition) is 0. The molecule has 6 rings (SSSR count). The summed E-state index contributed by atoms with van der Waals surface area (Å²) in [6, 6.07) is 31.0. The Balaban J connectivity index is 1.06. The topological polar surface area (TPSA) is 95.4 Å². The second kappa shape index (κ2) is 14.3. The number of benzene rings is 3. The minimum absolute atomic E-state index is 0.717. The van der Waals surface area contributed by atoms with E-state index in [1.807, 2.05) is 68.6 Å². The third kappa shape index (κ3) is 8.52. The SMILES string of the molecule is c1ccc(Cn2cc(CCN(CCc3cn(Cc4ccccc4)nn3)CCc3cn(Cc4ccccc4)nn3)nn2)cc1. The lowest BCUT2D eigenvalue weighted by Crippen LogP contribution is -2.31. The lowest BCUT2D eigenvalue weighted by Gasteiger charge is -2.20. The molecule has 0 aliphatic rings. The monoisotopic (exact) mass is 572 g/mol. The molecule has 0 aliphatic carbocycles. The van der Waals surface area contributed by atoms with E-state index in [0.29, 0.717) is 0 Å². The van der Waals surface area contributed by atoms with Crippen LogP contribution in [0.5, 0.6) is 0 Å². The summed E-state index contributed by atoms with van der Waals surface area (Å²) in [5.41, 5.74) is 6.60. The second-order valence-corrected chi connectivity index (χ2v) is 10.8. The van der Waals surface area contributed by atoms with Gasteiger partial charge in [-0.2, -0.15) is 0 Å². The van der Waals surface area contributed by atoms with Gasteiger partial charge < -0.3 is 4.90 Å². The van der Waals surface area contributed by atoms with Crippen molar-refractivity contribution in [2.24, 2.45) is 0 Å². The molecule has 0 saturated carbocycles. The summed E-state index contributed by atoms with van der Waals surface area (Å²) in [5, 5.41) is 26.4. The third-order valence-corrected chi connectivity index (χ3v) is 7.37. The lowest BCUT2D eigenvalue weighted by molar-refractivity contribution is 0.281. The van der Waals surface area contributed by atoms with Crippen LogP contribution >= 0.6 is 0 Å². The Morgan fingerprint density at radius 1 is 0.419 bits per heavy atom. The van der Waals surface area contributed by atoms with Crippen molar-refractivity contribution >= 4 is 0 Å². The molecule has 218 valence electrons. The zero-order valence-corrected chi connectivity index (χ0v) is 24.2. The highest BCUT2D eigenvalue weighted by Gasteiger charge is 2.12. The van der Waals surface area contributed by atoms with E-state index in [-0.39, 0.29) is 0 Å². The fourth-order valence-corrected chi connectivity index (χ4v) is 5.06. The number of aromatic nitrogens is 9. The van der Waals surface area contributed by atoms with Crippen molar-refractivity contribution in [3.8, 4) is 0 Å². The van der Waals surface area contributed by atoms with Gasteiger partial charge in [0.2, 0.25) is 0 Å². The molecule has 0 N–H and O–H groups in total. The summed E-state index contributed by atoms with van der Waals surface area (Å²) in [5.74, 6) is 0. The van der Waals surface area contributed by atoms with Crippen LogP contribution in [-0.2, 0) is 38.9 Å². The lowest BCUT2D eigenvalue weighted by atomic mass is 10.2. The van der Waals surface area contributed by atoms with Crippen molar-refractivity contribution in [3.63, 3.8) is 0 Å². The first-order chi connectivity index (χ1) is 21.2. The number of hydrogen-bond acceptors (Lipinski definition) is 7. The first-order valence-corrected chi connectivity index (χ1v) is 14.8. The molecule has 0 atom stereocenters. The summed E-state index contributed by atoms with van der Waals surface area (Å²) >= 11 is 0. The highest BCUT2D eigenvalue weighted by atomic mass is 15.4. The van der Waals surface area contributed by atoms with Gasteiger partial charge in [-0.1, -0.05) is 107 Å². The fraction of sp³-hybridized carbons (Fsp3) is 0.273. The average molecular weight is 573 g/mol. The molecule has 3 aromatic heterocycles. The average Bonchev–Trinajstić information content (AvgIpc) is 3.80. The van der Waals surface area contributed by atoms with Crippen LogP contribution in [0.3, 0.4) is 0 Å². The molecule has 0 bridgehead atoms. The van der Waals surface area contributed by atoms with Crippen molar-refractivity contribution in [2.45, 2.75) is 38.9 Å². The molecule has 3 aromatic carbocycles. The van der Waals surface area contributed by atoms with Crippen molar-refractivity contribution in [2.75, 3.05) is 19.6 Å².